The topological polar surface area (TPSA) is 27.0 Å². The predicted octanol–water partition coefficient (Wildman–Crippen LogP) is 3.37. The normalized spacial score (nSPS) is 23.6. The predicted molar refractivity (Wildman–Crippen MR) is 74.0 cm³/mol. The Morgan fingerprint density at radius 3 is 2.56 bits per heavy atom. The third-order valence-corrected chi connectivity index (χ3v) is 3.99. The SMILES string of the molecule is Cc1ccc(CN2CCC(C#N)C(C)(C)C2)cc1. The molecule has 0 aliphatic carbocycles. The van der Waals surface area contributed by atoms with Gasteiger partial charge in [0.25, 0.3) is 0 Å². The van der Waals surface area contributed by atoms with Crippen molar-refractivity contribution in [1.29, 1.82) is 5.26 Å². The Bertz CT molecular complexity index is 439. The molecule has 0 radical (unpaired) electrons. The minimum Gasteiger partial charge on any atom is -0.298 e. The van der Waals surface area contributed by atoms with Gasteiger partial charge in [-0.1, -0.05) is 43.7 Å². The summed E-state index contributed by atoms with van der Waals surface area (Å²) in [6.07, 6.45) is 0.995. The van der Waals surface area contributed by atoms with Gasteiger partial charge in [-0.15, -0.1) is 0 Å². The van der Waals surface area contributed by atoms with E-state index in [2.05, 4.69) is 56.0 Å². The minimum atomic E-state index is 0.109. The Morgan fingerprint density at radius 1 is 1.33 bits per heavy atom. The van der Waals surface area contributed by atoms with Crippen molar-refractivity contribution in [1.82, 2.24) is 4.90 Å². The molecule has 1 atom stereocenters. The van der Waals surface area contributed by atoms with E-state index >= 15 is 0 Å². The number of aryl methyl sites for hydroxylation is 1. The molecule has 2 heteroatoms. The molecule has 1 unspecified atom stereocenters. The van der Waals surface area contributed by atoms with E-state index in [-0.39, 0.29) is 11.3 Å². The molecule has 0 spiro atoms. The van der Waals surface area contributed by atoms with Crippen LogP contribution in [-0.2, 0) is 6.54 Å². The third-order valence-electron chi connectivity index (χ3n) is 3.99. The molecule has 1 saturated heterocycles. The molecule has 0 N–H and O–H groups in total. The number of nitriles is 1. The van der Waals surface area contributed by atoms with Crippen LogP contribution < -0.4 is 0 Å². The molecule has 1 fully saturated rings. The van der Waals surface area contributed by atoms with E-state index in [1.165, 1.54) is 11.1 Å². The largest absolute Gasteiger partial charge is 0.298 e. The summed E-state index contributed by atoms with van der Waals surface area (Å²) in [5, 5.41) is 9.16. The number of likely N-dealkylation sites (tertiary alicyclic amines) is 1. The highest BCUT2D eigenvalue weighted by Gasteiger charge is 2.35. The molecule has 2 nitrogen and oxygen atoms in total. The summed E-state index contributed by atoms with van der Waals surface area (Å²) >= 11 is 0. The van der Waals surface area contributed by atoms with Gasteiger partial charge >= 0.3 is 0 Å². The van der Waals surface area contributed by atoms with Crippen LogP contribution in [0.3, 0.4) is 0 Å². The first kappa shape index (κ1) is 13.1. The zero-order valence-electron chi connectivity index (χ0n) is 11.6. The van der Waals surface area contributed by atoms with Crippen molar-refractivity contribution in [2.45, 2.75) is 33.7 Å². The van der Waals surface area contributed by atoms with E-state index in [4.69, 9.17) is 5.26 Å². The van der Waals surface area contributed by atoms with Crippen LogP contribution >= 0.6 is 0 Å². The lowest BCUT2D eigenvalue weighted by atomic mass is 9.74. The van der Waals surface area contributed by atoms with Gasteiger partial charge in [0.1, 0.15) is 0 Å². The van der Waals surface area contributed by atoms with Crippen LogP contribution in [0.25, 0.3) is 0 Å². The quantitative estimate of drug-likeness (QED) is 0.795. The average molecular weight is 242 g/mol. The van der Waals surface area contributed by atoms with Crippen molar-refractivity contribution in [3.8, 4) is 6.07 Å². The Labute approximate surface area is 110 Å². The summed E-state index contributed by atoms with van der Waals surface area (Å²) < 4.78 is 0. The molecule has 1 aliphatic heterocycles. The van der Waals surface area contributed by atoms with Gasteiger partial charge in [0, 0.05) is 13.1 Å². The van der Waals surface area contributed by atoms with Gasteiger partial charge in [-0.25, -0.2) is 0 Å². The molecule has 0 bridgehead atoms. The van der Waals surface area contributed by atoms with Gasteiger partial charge < -0.3 is 0 Å². The fourth-order valence-electron chi connectivity index (χ4n) is 2.79. The van der Waals surface area contributed by atoms with Gasteiger partial charge in [0.05, 0.1) is 12.0 Å². The summed E-state index contributed by atoms with van der Waals surface area (Å²) in [6.45, 7) is 9.59. The number of nitrogens with zero attached hydrogens (tertiary/aromatic N) is 2. The molecule has 0 saturated carbocycles. The van der Waals surface area contributed by atoms with Crippen LogP contribution in [0.5, 0.6) is 0 Å². The van der Waals surface area contributed by atoms with Crippen LogP contribution in [0.4, 0.5) is 0 Å². The van der Waals surface area contributed by atoms with E-state index in [0.717, 1.165) is 26.1 Å². The maximum atomic E-state index is 9.16. The van der Waals surface area contributed by atoms with Crippen LogP contribution in [0.2, 0.25) is 0 Å². The highest BCUT2D eigenvalue weighted by molar-refractivity contribution is 5.21. The van der Waals surface area contributed by atoms with Crippen LogP contribution in [-0.4, -0.2) is 18.0 Å². The van der Waals surface area contributed by atoms with E-state index in [0.29, 0.717) is 0 Å². The average Bonchev–Trinajstić information content (AvgIpc) is 2.31. The lowest BCUT2D eigenvalue weighted by Crippen LogP contribution is -2.44. The van der Waals surface area contributed by atoms with Crippen molar-refractivity contribution < 1.29 is 0 Å². The van der Waals surface area contributed by atoms with E-state index < -0.39 is 0 Å². The molecule has 0 aromatic heterocycles. The van der Waals surface area contributed by atoms with Crippen LogP contribution in [0, 0.1) is 29.6 Å². The van der Waals surface area contributed by atoms with Gasteiger partial charge in [0.2, 0.25) is 0 Å². The Morgan fingerprint density at radius 2 is 2.00 bits per heavy atom. The summed E-state index contributed by atoms with van der Waals surface area (Å²) in [7, 11) is 0. The Balaban J connectivity index is 2.00. The summed E-state index contributed by atoms with van der Waals surface area (Å²) in [5.41, 5.74) is 2.78. The van der Waals surface area contributed by atoms with Gasteiger partial charge in [-0.2, -0.15) is 5.26 Å². The highest BCUT2D eigenvalue weighted by atomic mass is 15.1. The number of benzene rings is 1. The second kappa shape index (κ2) is 5.12. The molecule has 96 valence electrons. The van der Waals surface area contributed by atoms with E-state index in [1.54, 1.807) is 0 Å². The lowest BCUT2D eigenvalue weighted by Gasteiger charge is -2.41. The molecular weight excluding hydrogens is 220 g/mol. The maximum Gasteiger partial charge on any atom is 0.0662 e. The zero-order valence-corrected chi connectivity index (χ0v) is 11.6. The monoisotopic (exact) mass is 242 g/mol. The maximum absolute atomic E-state index is 9.16. The van der Waals surface area contributed by atoms with Gasteiger partial charge in [-0.3, -0.25) is 4.90 Å². The van der Waals surface area contributed by atoms with Gasteiger partial charge in [-0.05, 0) is 30.9 Å². The van der Waals surface area contributed by atoms with Crippen LogP contribution in [0.15, 0.2) is 24.3 Å². The second-order valence-electron chi connectivity index (χ2n) is 6.16. The van der Waals surface area contributed by atoms with Crippen molar-refractivity contribution in [3.05, 3.63) is 35.4 Å². The number of hydrogen-bond acceptors (Lipinski definition) is 2. The first-order chi connectivity index (χ1) is 8.51. The van der Waals surface area contributed by atoms with Gasteiger partial charge in [0.15, 0.2) is 0 Å². The molecule has 0 amide bonds. The number of piperidine rings is 1. The molecule has 18 heavy (non-hydrogen) atoms. The fourth-order valence-corrected chi connectivity index (χ4v) is 2.79. The lowest BCUT2D eigenvalue weighted by molar-refractivity contribution is 0.0770. The van der Waals surface area contributed by atoms with E-state index in [1.807, 2.05) is 0 Å². The Kier molecular flexibility index (Phi) is 3.73. The summed E-state index contributed by atoms with van der Waals surface area (Å²) in [6, 6.07) is 11.2. The van der Waals surface area contributed by atoms with Crippen LogP contribution in [0.1, 0.15) is 31.4 Å². The van der Waals surface area contributed by atoms with Crippen molar-refractivity contribution in [2.75, 3.05) is 13.1 Å². The molecular formula is C16H22N2. The first-order valence-electron chi connectivity index (χ1n) is 6.69. The smallest absolute Gasteiger partial charge is 0.0662 e. The van der Waals surface area contributed by atoms with Crippen molar-refractivity contribution >= 4 is 0 Å². The molecule has 1 aromatic carbocycles. The molecule has 1 aromatic rings. The number of hydrogen-bond donors (Lipinski definition) is 0. The molecule has 1 heterocycles. The third kappa shape index (κ3) is 2.91. The summed E-state index contributed by atoms with van der Waals surface area (Å²) in [4.78, 5) is 2.47. The van der Waals surface area contributed by atoms with E-state index in [9.17, 15) is 0 Å². The minimum absolute atomic E-state index is 0.109. The summed E-state index contributed by atoms with van der Waals surface area (Å²) in [5.74, 6) is 0.201. The fraction of sp³-hybridized carbons (Fsp3) is 0.562. The second-order valence-corrected chi connectivity index (χ2v) is 6.16. The molecule has 1 aliphatic rings. The Hall–Kier alpha value is -1.33. The highest BCUT2D eigenvalue weighted by Crippen LogP contribution is 2.34. The molecule has 2 rings (SSSR count). The van der Waals surface area contributed by atoms with Crippen molar-refractivity contribution in [2.24, 2.45) is 11.3 Å². The first-order valence-corrected chi connectivity index (χ1v) is 6.69. The zero-order chi connectivity index (χ0) is 13.2. The number of rotatable bonds is 2. The standard InChI is InChI=1S/C16H22N2/c1-13-4-6-14(7-5-13)11-18-9-8-15(10-17)16(2,3)12-18/h4-7,15H,8-9,11-12H2,1-3H3. The van der Waals surface area contributed by atoms with Crippen molar-refractivity contribution in [3.63, 3.8) is 0 Å².